The van der Waals surface area contributed by atoms with Gasteiger partial charge in [-0.15, -0.1) is 0 Å². The lowest BCUT2D eigenvalue weighted by molar-refractivity contribution is -0.143. The summed E-state index contributed by atoms with van der Waals surface area (Å²) in [6, 6.07) is 0. The molecule has 0 bridgehead atoms. The van der Waals surface area contributed by atoms with Crippen molar-refractivity contribution in [1.82, 2.24) is 4.90 Å². The zero-order valence-corrected chi connectivity index (χ0v) is 8.05. The standard InChI is InChI=1S/C8H13F3N2O2/c9-8(10,11)2-4-13-3-1-7(12,5-13)6(14)15/h1-5,12H2,(H,14,15). The van der Waals surface area contributed by atoms with Crippen molar-refractivity contribution in [3.8, 4) is 0 Å². The van der Waals surface area contributed by atoms with Gasteiger partial charge in [0.1, 0.15) is 5.54 Å². The van der Waals surface area contributed by atoms with Crippen molar-refractivity contribution in [1.29, 1.82) is 0 Å². The smallest absolute Gasteiger partial charge is 0.390 e. The van der Waals surface area contributed by atoms with Crippen LogP contribution in [0.4, 0.5) is 13.2 Å². The molecule has 1 aliphatic heterocycles. The Morgan fingerprint density at radius 1 is 1.53 bits per heavy atom. The Morgan fingerprint density at radius 2 is 2.13 bits per heavy atom. The molecular weight excluding hydrogens is 213 g/mol. The molecule has 1 saturated heterocycles. The van der Waals surface area contributed by atoms with Gasteiger partial charge in [0.05, 0.1) is 6.42 Å². The third-order valence-corrected chi connectivity index (χ3v) is 2.52. The Bertz CT molecular complexity index is 257. The Morgan fingerprint density at radius 3 is 2.53 bits per heavy atom. The Kier molecular flexibility index (Phi) is 3.25. The second kappa shape index (κ2) is 3.97. The number of carbonyl (C=O) groups is 1. The summed E-state index contributed by atoms with van der Waals surface area (Å²) in [4.78, 5) is 12.1. The van der Waals surface area contributed by atoms with E-state index in [1.807, 2.05) is 0 Å². The summed E-state index contributed by atoms with van der Waals surface area (Å²) in [6.45, 7) is 0.104. The molecule has 1 atom stereocenters. The van der Waals surface area contributed by atoms with Gasteiger partial charge in [-0.05, 0) is 6.42 Å². The van der Waals surface area contributed by atoms with E-state index in [0.29, 0.717) is 6.54 Å². The van der Waals surface area contributed by atoms with Crippen LogP contribution in [0.25, 0.3) is 0 Å². The number of alkyl halides is 3. The van der Waals surface area contributed by atoms with E-state index in [0.717, 1.165) is 0 Å². The van der Waals surface area contributed by atoms with Crippen LogP contribution in [0.2, 0.25) is 0 Å². The summed E-state index contributed by atoms with van der Waals surface area (Å²) in [6.07, 6.45) is -4.94. The minimum absolute atomic E-state index is 0.0155. The van der Waals surface area contributed by atoms with Crippen LogP contribution in [0.1, 0.15) is 12.8 Å². The predicted octanol–water partition coefficient (Wildman–Crippen LogP) is 0.427. The molecule has 1 unspecified atom stereocenters. The van der Waals surface area contributed by atoms with E-state index in [4.69, 9.17) is 10.8 Å². The van der Waals surface area contributed by atoms with Crippen molar-refractivity contribution in [2.24, 2.45) is 5.73 Å². The van der Waals surface area contributed by atoms with Gasteiger partial charge < -0.3 is 15.7 Å². The molecule has 1 aliphatic rings. The monoisotopic (exact) mass is 226 g/mol. The molecular formula is C8H13F3N2O2. The van der Waals surface area contributed by atoms with Gasteiger partial charge in [0.25, 0.3) is 0 Å². The van der Waals surface area contributed by atoms with Crippen LogP contribution in [0.3, 0.4) is 0 Å². The van der Waals surface area contributed by atoms with Crippen molar-refractivity contribution in [3.05, 3.63) is 0 Å². The van der Waals surface area contributed by atoms with E-state index in [9.17, 15) is 18.0 Å². The number of rotatable bonds is 3. The highest BCUT2D eigenvalue weighted by atomic mass is 19.4. The molecule has 0 saturated carbocycles. The van der Waals surface area contributed by atoms with Crippen molar-refractivity contribution in [2.75, 3.05) is 19.6 Å². The van der Waals surface area contributed by atoms with E-state index in [-0.39, 0.29) is 19.5 Å². The zero-order chi connectivity index (χ0) is 11.7. The highest BCUT2D eigenvalue weighted by Crippen LogP contribution is 2.23. The molecule has 7 heteroatoms. The quantitative estimate of drug-likeness (QED) is 0.732. The Balaban J connectivity index is 2.41. The molecule has 0 aromatic carbocycles. The van der Waals surface area contributed by atoms with Gasteiger partial charge in [-0.3, -0.25) is 4.79 Å². The maximum absolute atomic E-state index is 11.9. The molecule has 1 rings (SSSR count). The average Bonchev–Trinajstić information content (AvgIpc) is 2.44. The Hall–Kier alpha value is -0.820. The fourth-order valence-corrected chi connectivity index (χ4v) is 1.57. The Labute approximate surface area is 84.8 Å². The van der Waals surface area contributed by atoms with Crippen molar-refractivity contribution in [2.45, 2.75) is 24.6 Å². The molecule has 0 aromatic heterocycles. The molecule has 0 amide bonds. The summed E-state index contributed by atoms with van der Waals surface area (Å²) in [5, 5.41) is 8.74. The molecule has 3 N–H and O–H groups in total. The molecule has 0 aromatic rings. The van der Waals surface area contributed by atoms with Gasteiger partial charge in [0.15, 0.2) is 0 Å². The van der Waals surface area contributed by atoms with Gasteiger partial charge in [-0.25, -0.2) is 0 Å². The SMILES string of the molecule is NC1(C(=O)O)CCN(CCC(F)(F)F)C1. The van der Waals surface area contributed by atoms with E-state index < -0.39 is 24.1 Å². The molecule has 1 heterocycles. The second-order valence-corrected chi connectivity index (χ2v) is 3.85. The number of hydrogen-bond donors (Lipinski definition) is 2. The largest absolute Gasteiger partial charge is 0.480 e. The number of nitrogens with zero attached hydrogens (tertiary/aromatic N) is 1. The molecule has 88 valence electrons. The third-order valence-electron chi connectivity index (χ3n) is 2.52. The highest BCUT2D eigenvalue weighted by molar-refractivity contribution is 5.79. The highest BCUT2D eigenvalue weighted by Gasteiger charge is 2.41. The minimum Gasteiger partial charge on any atom is -0.480 e. The number of hydrogen-bond acceptors (Lipinski definition) is 3. The van der Waals surface area contributed by atoms with E-state index in [2.05, 4.69) is 0 Å². The van der Waals surface area contributed by atoms with E-state index in [1.165, 1.54) is 4.90 Å². The van der Waals surface area contributed by atoms with Crippen molar-refractivity contribution < 1.29 is 23.1 Å². The molecule has 15 heavy (non-hydrogen) atoms. The molecule has 4 nitrogen and oxygen atoms in total. The lowest BCUT2D eigenvalue weighted by atomic mass is 10.0. The van der Waals surface area contributed by atoms with Crippen LogP contribution in [-0.2, 0) is 4.79 Å². The fourth-order valence-electron chi connectivity index (χ4n) is 1.57. The lowest BCUT2D eigenvalue weighted by Gasteiger charge is -2.20. The molecule has 0 aliphatic carbocycles. The number of halogens is 3. The maximum atomic E-state index is 11.9. The van der Waals surface area contributed by atoms with Crippen LogP contribution in [0.5, 0.6) is 0 Å². The topological polar surface area (TPSA) is 66.6 Å². The number of likely N-dealkylation sites (tertiary alicyclic amines) is 1. The fraction of sp³-hybridized carbons (Fsp3) is 0.875. The van der Waals surface area contributed by atoms with Crippen LogP contribution in [0, 0.1) is 0 Å². The first kappa shape index (κ1) is 12.3. The van der Waals surface area contributed by atoms with Gasteiger partial charge in [0, 0.05) is 19.6 Å². The second-order valence-electron chi connectivity index (χ2n) is 3.85. The first-order valence-corrected chi connectivity index (χ1v) is 4.54. The summed E-state index contributed by atoms with van der Waals surface area (Å²) in [5.41, 5.74) is 4.13. The first-order chi connectivity index (χ1) is 6.73. The van der Waals surface area contributed by atoms with Gasteiger partial charge in [-0.1, -0.05) is 0 Å². The number of carboxylic acids is 1. The van der Waals surface area contributed by atoms with Gasteiger partial charge in [-0.2, -0.15) is 13.2 Å². The number of nitrogens with two attached hydrogens (primary N) is 1. The normalized spacial score (nSPS) is 28.3. The van der Waals surface area contributed by atoms with Crippen LogP contribution in [0.15, 0.2) is 0 Å². The number of aliphatic carboxylic acids is 1. The molecule has 0 radical (unpaired) electrons. The van der Waals surface area contributed by atoms with Crippen LogP contribution in [-0.4, -0.2) is 47.3 Å². The van der Waals surface area contributed by atoms with Crippen LogP contribution < -0.4 is 5.73 Å². The van der Waals surface area contributed by atoms with E-state index >= 15 is 0 Å². The van der Waals surface area contributed by atoms with Crippen LogP contribution >= 0.6 is 0 Å². The lowest BCUT2D eigenvalue weighted by Crippen LogP contribution is -2.50. The summed E-state index contributed by atoms with van der Waals surface area (Å²) in [5.74, 6) is -1.16. The molecule has 0 spiro atoms. The number of carboxylic acid groups (broad SMARTS) is 1. The average molecular weight is 226 g/mol. The van der Waals surface area contributed by atoms with Crippen molar-refractivity contribution in [3.63, 3.8) is 0 Å². The summed E-state index contributed by atoms with van der Waals surface area (Å²) < 4.78 is 35.7. The third kappa shape index (κ3) is 3.35. The molecule has 1 fully saturated rings. The first-order valence-electron chi connectivity index (χ1n) is 4.54. The van der Waals surface area contributed by atoms with E-state index in [1.54, 1.807) is 0 Å². The van der Waals surface area contributed by atoms with Gasteiger partial charge in [0.2, 0.25) is 0 Å². The summed E-state index contributed by atoms with van der Waals surface area (Å²) in [7, 11) is 0. The van der Waals surface area contributed by atoms with Crippen molar-refractivity contribution >= 4 is 5.97 Å². The predicted molar refractivity (Wildman–Crippen MR) is 46.3 cm³/mol. The van der Waals surface area contributed by atoms with Gasteiger partial charge >= 0.3 is 12.1 Å². The summed E-state index contributed by atoms with van der Waals surface area (Å²) >= 11 is 0. The maximum Gasteiger partial charge on any atom is 0.390 e. The minimum atomic E-state index is -4.21. The zero-order valence-electron chi connectivity index (χ0n) is 8.05.